The van der Waals surface area contributed by atoms with Crippen LogP contribution in [0, 0.1) is 5.92 Å². The molecule has 174 valence electrons. The molecule has 2 amide bonds. The van der Waals surface area contributed by atoms with Crippen molar-refractivity contribution in [2.75, 3.05) is 6.61 Å². The van der Waals surface area contributed by atoms with Crippen LogP contribution < -0.4 is 10.6 Å². The van der Waals surface area contributed by atoms with Crippen LogP contribution in [0.25, 0.3) is 11.1 Å². The van der Waals surface area contributed by atoms with Crippen LogP contribution in [0.5, 0.6) is 0 Å². The Morgan fingerprint density at radius 2 is 1.67 bits per heavy atom. The number of benzene rings is 2. The Morgan fingerprint density at radius 3 is 2.27 bits per heavy atom. The number of fused-ring (bicyclic) bond motifs is 3. The maximum Gasteiger partial charge on any atom is 0.407 e. The van der Waals surface area contributed by atoms with Gasteiger partial charge in [0.2, 0.25) is 5.91 Å². The van der Waals surface area contributed by atoms with E-state index < -0.39 is 18.1 Å². The van der Waals surface area contributed by atoms with E-state index in [1.165, 1.54) is 11.1 Å². The molecule has 3 N–H and O–H groups in total. The largest absolute Gasteiger partial charge is 0.480 e. The molecular formula is C26H30N2O5. The summed E-state index contributed by atoms with van der Waals surface area (Å²) in [6.07, 6.45) is 2.33. The van der Waals surface area contributed by atoms with Crippen molar-refractivity contribution in [2.24, 2.45) is 5.92 Å². The van der Waals surface area contributed by atoms with Crippen molar-refractivity contribution in [1.29, 1.82) is 0 Å². The molecule has 2 aromatic carbocycles. The van der Waals surface area contributed by atoms with Gasteiger partial charge >= 0.3 is 12.1 Å². The number of alkyl carbamates (subject to hydrolysis) is 1. The number of hydrogen-bond acceptors (Lipinski definition) is 4. The molecule has 3 atom stereocenters. The summed E-state index contributed by atoms with van der Waals surface area (Å²) in [5.41, 5.74) is 4.66. The van der Waals surface area contributed by atoms with Gasteiger partial charge in [-0.3, -0.25) is 4.79 Å². The average molecular weight is 451 g/mol. The van der Waals surface area contributed by atoms with Crippen LogP contribution in [0.15, 0.2) is 48.5 Å². The van der Waals surface area contributed by atoms with Crippen molar-refractivity contribution in [3.05, 3.63) is 59.7 Å². The zero-order valence-electron chi connectivity index (χ0n) is 18.8. The molecule has 0 heterocycles. The molecule has 1 fully saturated rings. The summed E-state index contributed by atoms with van der Waals surface area (Å²) >= 11 is 0. The SMILES string of the molecule is CCCC(NC(=O)[C@@H]1CC[C@H](NC(=O)OCC2c3ccccc3-c3ccccc32)C1)C(=O)O. The number of carbonyl (C=O) groups is 3. The number of rotatable bonds is 8. The molecule has 33 heavy (non-hydrogen) atoms. The standard InChI is InChI=1S/C26H30N2O5/c1-2-7-23(25(30)31)28-24(29)16-12-13-17(14-16)27-26(32)33-15-22-20-10-5-3-8-18(20)19-9-4-6-11-21(19)22/h3-6,8-11,16-17,22-23H,2,7,12-15H2,1H3,(H,27,32)(H,28,29)(H,30,31)/t16-,17+,23?/m1/s1. The molecule has 1 unspecified atom stereocenters. The van der Waals surface area contributed by atoms with Crippen LogP contribution >= 0.6 is 0 Å². The third-order valence-electron chi connectivity index (χ3n) is 6.66. The number of carboxylic acid groups (broad SMARTS) is 1. The number of aliphatic carboxylic acids is 1. The fraction of sp³-hybridized carbons (Fsp3) is 0.423. The van der Waals surface area contributed by atoms with Gasteiger partial charge in [-0.05, 0) is 47.9 Å². The highest BCUT2D eigenvalue weighted by Crippen LogP contribution is 2.44. The van der Waals surface area contributed by atoms with E-state index in [1.54, 1.807) is 0 Å². The first kappa shape index (κ1) is 22.8. The molecule has 0 aliphatic heterocycles. The molecule has 0 spiro atoms. The lowest BCUT2D eigenvalue weighted by molar-refractivity contribution is -0.142. The summed E-state index contributed by atoms with van der Waals surface area (Å²) in [6, 6.07) is 15.3. The molecule has 4 rings (SSSR count). The molecule has 7 nitrogen and oxygen atoms in total. The lowest BCUT2D eigenvalue weighted by Crippen LogP contribution is -2.43. The molecule has 2 aliphatic rings. The lowest BCUT2D eigenvalue weighted by Gasteiger charge is -2.18. The zero-order valence-corrected chi connectivity index (χ0v) is 18.8. The van der Waals surface area contributed by atoms with Crippen molar-refractivity contribution in [3.63, 3.8) is 0 Å². The Hall–Kier alpha value is -3.35. The molecule has 2 aliphatic carbocycles. The fourth-order valence-corrected chi connectivity index (χ4v) is 4.99. The van der Waals surface area contributed by atoms with Crippen molar-refractivity contribution < 1.29 is 24.2 Å². The van der Waals surface area contributed by atoms with Crippen LogP contribution in [-0.2, 0) is 14.3 Å². The van der Waals surface area contributed by atoms with E-state index in [1.807, 2.05) is 31.2 Å². The van der Waals surface area contributed by atoms with E-state index in [9.17, 15) is 19.5 Å². The highest BCUT2D eigenvalue weighted by Gasteiger charge is 2.34. The monoisotopic (exact) mass is 450 g/mol. The molecule has 0 aromatic heterocycles. The fourth-order valence-electron chi connectivity index (χ4n) is 4.99. The van der Waals surface area contributed by atoms with E-state index in [4.69, 9.17) is 4.74 Å². The van der Waals surface area contributed by atoms with E-state index in [0.29, 0.717) is 32.1 Å². The van der Waals surface area contributed by atoms with Gasteiger partial charge in [0.1, 0.15) is 12.6 Å². The Labute approximate surface area is 193 Å². The van der Waals surface area contributed by atoms with Gasteiger partial charge < -0.3 is 20.5 Å². The first-order valence-corrected chi connectivity index (χ1v) is 11.6. The molecule has 0 bridgehead atoms. The smallest absolute Gasteiger partial charge is 0.407 e. The Bertz CT molecular complexity index is 991. The number of carboxylic acids is 1. The van der Waals surface area contributed by atoms with E-state index in [2.05, 4.69) is 34.9 Å². The molecular weight excluding hydrogens is 420 g/mol. The first-order chi connectivity index (χ1) is 16.0. The second-order valence-corrected chi connectivity index (χ2v) is 8.86. The highest BCUT2D eigenvalue weighted by atomic mass is 16.5. The van der Waals surface area contributed by atoms with Gasteiger partial charge in [-0.25, -0.2) is 9.59 Å². The third-order valence-corrected chi connectivity index (χ3v) is 6.66. The van der Waals surface area contributed by atoms with Gasteiger partial charge in [0.15, 0.2) is 0 Å². The van der Waals surface area contributed by atoms with Gasteiger partial charge in [0, 0.05) is 17.9 Å². The summed E-state index contributed by atoms with van der Waals surface area (Å²) in [5, 5.41) is 14.8. The third kappa shape index (κ3) is 5.02. The normalized spacial score (nSPS) is 19.9. The Morgan fingerprint density at radius 1 is 1.03 bits per heavy atom. The zero-order chi connectivity index (χ0) is 23.4. The van der Waals surface area contributed by atoms with Crippen LogP contribution in [0.1, 0.15) is 56.1 Å². The van der Waals surface area contributed by atoms with Crippen molar-refractivity contribution in [3.8, 4) is 11.1 Å². The number of amides is 2. The summed E-state index contributed by atoms with van der Waals surface area (Å²) < 4.78 is 5.60. The predicted molar refractivity (Wildman–Crippen MR) is 124 cm³/mol. The lowest BCUT2D eigenvalue weighted by atomic mass is 9.98. The van der Waals surface area contributed by atoms with Gasteiger partial charge in [-0.1, -0.05) is 61.9 Å². The molecule has 2 aromatic rings. The maximum absolute atomic E-state index is 12.5. The van der Waals surface area contributed by atoms with Gasteiger partial charge in [-0.2, -0.15) is 0 Å². The van der Waals surface area contributed by atoms with Crippen LogP contribution in [0.4, 0.5) is 4.79 Å². The summed E-state index contributed by atoms with van der Waals surface area (Å²) in [7, 11) is 0. The van der Waals surface area contributed by atoms with Crippen molar-refractivity contribution in [1.82, 2.24) is 10.6 Å². The topological polar surface area (TPSA) is 105 Å². The van der Waals surface area contributed by atoms with Gasteiger partial charge in [0.05, 0.1) is 0 Å². The average Bonchev–Trinajstić information content (AvgIpc) is 3.40. The molecule has 0 radical (unpaired) electrons. The first-order valence-electron chi connectivity index (χ1n) is 11.6. The van der Waals surface area contributed by atoms with Crippen LogP contribution in [0.3, 0.4) is 0 Å². The van der Waals surface area contributed by atoms with Crippen molar-refractivity contribution in [2.45, 2.75) is 57.0 Å². The number of carbonyl (C=O) groups excluding carboxylic acids is 2. The van der Waals surface area contributed by atoms with Gasteiger partial charge in [-0.15, -0.1) is 0 Å². The maximum atomic E-state index is 12.5. The Kier molecular flexibility index (Phi) is 6.96. The van der Waals surface area contributed by atoms with E-state index in [0.717, 1.165) is 11.1 Å². The number of ether oxygens (including phenoxy) is 1. The molecule has 1 saturated carbocycles. The second-order valence-electron chi connectivity index (χ2n) is 8.86. The summed E-state index contributed by atoms with van der Waals surface area (Å²) in [6.45, 7) is 2.12. The minimum atomic E-state index is -1.02. The highest BCUT2D eigenvalue weighted by molar-refractivity contribution is 5.85. The van der Waals surface area contributed by atoms with E-state index >= 15 is 0 Å². The number of hydrogen-bond donors (Lipinski definition) is 3. The predicted octanol–water partition coefficient (Wildman–Crippen LogP) is 4.06. The molecule has 7 heteroatoms. The van der Waals surface area contributed by atoms with E-state index in [-0.39, 0.29) is 30.4 Å². The summed E-state index contributed by atoms with van der Waals surface area (Å²) in [5.74, 6) is -1.58. The number of nitrogens with one attached hydrogen (secondary N) is 2. The van der Waals surface area contributed by atoms with Crippen LogP contribution in [-0.4, -0.2) is 41.8 Å². The van der Waals surface area contributed by atoms with Gasteiger partial charge in [0.25, 0.3) is 0 Å². The quantitative estimate of drug-likeness (QED) is 0.563. The summed E-state index contributed by atoms with van der Waals surface area (Å²) in [4.78, 5) is 36.3. The second kappa shape index (κ2) is 10.1. The molecule has 0 saturated heterocycles. The van der Waals surface area contributed by atoms with Crippen molar-refractivity contribution >= 4 is 18.0 Å². The minimum absolute atomic E-state index is 0.00299. The Balaban J connectivity index is 1.29. The van der Waals surface area contributed by atoms with Crippen LogP contribution in [0.2, 0.25) is 0 Å². The minimum Gasteiger partial charge on any atom is -0.480 e.